The predicted molar refractivity (Wildman–Crippen MR) is 80.4 cm³/mol. The van der Waals surface area contributed by atoms with Gasteiger partial charge >= 0.3 is 0 Å². The molecule has 1 amide bonds. The number of anilines is 1. The highest BCUT2D eigenvalue weighted by atomic mass is 32.2. The molecule has 0 unspecified atom stereocenters. The quantitative estimate of drug-likeness (QED) is 0.597. The third-order valence-corrected chi connectivity index (χ3v) is 4.01. The maximum absolute atomic E-state index is 11.9. The average molecular weight is 315 g/mol. The number of benzene rings is 1. The van der Waals surface area contributed by atoms with Crippen LogP contribution < -0.4 is 15.8 Å². The van der Waals surface area contributed by atoms with E-state index in [0.29, 0.717) is 18.8 Å². The number of ether oxygens (including phenoxy) is 1. The fraction of sp³-hybridized carbons (Fsp3) is 0.462. The number of rotatable bonds is 8. The average Bonchev–Trinajstić information content (AvgIpc) is 2.38. The minimum atomic E-state index is -3.52. The molecule has 0 heterocycles. The molecule has 21 heavy (non-hydrogen) atoms. The number of carbonyl (C=O) groups excluding carboxylic acids is 1. The van der Waals surface area contributed by atoms with Crippen molar-refractivity contribution in [1.82, 2.24) is 4.72 Å². The molecule has 0 radical (unpaired) electrons. The number of sulfonamides is 1. The molecule has 7 nitrogen and oxygen atoms in total. The zero-order valence-corrected chi connectivity index (χ0v) is 12.9. The Morgan fingerprint density at radius 3 is 2.43 bits per heavy atom. The van der Waals surface area contributed by atoms with Gasteiger partial charge in [0.2, 0.25) is 15.9 Å². The topological polar surface area (TPSA) is 111 Å². The molecule has 0 saturated heterocycles. The van der Waals surface area contributed by atoms with E-state index in [4.69, 9.17) is 10.5 Å². The first-order valence-electron chi connectivity index (χ1n) is 6.55. The first-order chi connectivity index (χ1) is 9.85. The van der Waals surface area contributed by atoms with E-state index in [1.54, 1.807) is 13.8 Å². The monoisotopic (exact) mass is 315 g/mol. The SMILES string of the molecule is CC(C)NS(=O)(=O)c1ccc(NC(=O)COCCN)cc1. The van der Waals surface area contributed by atoms with Gasteiger partial charge in [0.05, 0.1) is 11.5 Å². The highest BCUT2D eigenvalue weighted by Gasteiger charge is 2.15. The summed E-state index contributed by atoms with van der Waals surface area (Å²) >= 11 is 0. The molecule has 1 aromatic rings. The zero-order valence-electron chi connectivity index (χ0n) is 12.1. The Morgan fingerprint density at radius 2 is 1.90 bits per heavy atom. The predicted octanol–water partition coefficient (Wildman–Crippen LogP) is 0.287. The summed E-state index contributed by atoms with van der Waals surface area (Å²) in [7, 11) is -3.52. The van der Waals surface area contributed by atoms with Crippen molar-refractivity contribution in [3.8, 4) is 0 Å². The Hall–Kier alpha value is -1.48. The van der Waals surface area contributed by atoms with Crippen LogP contribution in [0.1, 0.15) is 13.8 Å². The van der Waals surface area contributed by atoms with Gasteiger partial charge in [-0.15, -0.1) is 0 Å². The molecular formula is C13H21N3O4S. The number of nitrogens with one attached hydrogen (secondary N) is 2. The molecule has 0 atom stereocenters. The van der Waals surface area contributed by atoms with E-state index < -0.39 is 10.0 Å². The molecule has 0 fully saturated rings. The van der Waals surface area contributed by atoms with Gasteiger partial charge < -0.3 is 15.8 Å². The van der Waals surface area contributed by atoms with Gasteiger partial charge in [-0.1, -0.05) is 0 Å². The van der Waals surface area contributed by atoms with E-state index in [1.165, 1.54) is 24.3 Å². The van der Waals surface area contributed by atoms with Gasteiger partial charge in [0.25, 0.3) is 0 Å². The Bertz CT molecular complexity index is 555. The molecule has 0 aromatic heterocycles. The molecule has 0 spiro atoms. The second-order valence-electron chi connectivity index (χ2n) is 4.69. The minimum absolute atomic E-state index is 0.0911. The Morgan fingerprint density at radius 1 is 1.29 bits per heavy atom. The van der Waals surface area contributed by atoms with Crippen molar-refractivity contribution in [1.29, 1.82) is 0 Å². The van der Waals surface area contributed by atoms with E-state index in [1.807, 2.05) is 0 Å². The second kappa shape index (κ2) is 8.08. The van der Waals surface area contributed by atoms with E-state index in [-0.39, 0.29) is 23.5 Å². The summed E-state index contributed by atoms with van der Waals surface area (Å²) in [4.78, 5) is 11.7. The fourth-order valence-electron chi connectivity index (χ4n) is 1.54. The lowest BCUT2D eigenvalue weighted by molar-refractivity contribution is -0.120. The van der Waals surface area contributed by atoms with Gasteiger partial charge in [0, 0.05) is 18.3 Å². The summed E-state index contributed by atoms with van der Waals surface area (Å²) in [6, 6.07) is 5.72. The Labute approximate surface area is 124 Å². The smallest absolute Gasteiger partial charge is 0.250 e. The molecule has 0 saturated carbocycles. The summed E-state index contributed by atoms with van der Waals surface area (Å²) < 4.78 is 31.3. The van der Waals surface area contributed by atoms with Crippen LogP contribution in [0.2, 0.25) is 0 Å². The normalized spacial score (nSPS) is 11.6. The van der Waals surface area contributed by atoms with Crippen LogP contribution in [0.5, 0.6) is 0 Å². The largest absolute Gasteiger partial charge is 0.370 e. The fourth-order valence-corrected chi connectivity index (χ4v) is 2.79. The van der Waals surface area contributed by atoms with Crippen LogP contribution in [0.15, 0.2) is 29.2 Å². The van der Waals surface area contributed by atoms with E-state index in [2.05, 4.69) is 10.0 Å². The number of hydrogen-bond acceptors (Lipinski definition) is 5. The van der Waals surface area contributed by atoms with Gasteiger partial charge in [0.1, 0.15) is 6.61 Å². The molecule has 118 valence electrons. The molecule has 1 aromatic carbocycles. The lowest BCUT2D eigenvalue weighted by Gasteiger charge is -2.10. The van der Waals surface area contributed by atoms with Crippen molar-refractivity contribution in [2.75, 3.05) is 25.1 Å². The highest BCUT2D eigenvalue weighted by molar-refractivity contribution is 7.89. The number of hydrogen-bond donors (Lipinski definition) is 3. The van der Waals surface area contributed by atoms with E-state index in [9.17, 15) is 13.2 Å². The standard InChI is InChI=1S/C13H21N3O4S/c1-10(2)16-21(18,19)12-5-3-11(4-6-12)15-13(17)9-20-8-7-14/h3-6,10,16H,7-9,14H2,1-2H3,(H,15,17). The van der Waals surface area contributed by atoms with Crippen LogP contribution >= 0.6 is 0 Å². The second-order valence-corrected chi connectivity index (χ2v) is 6.40. The number of amides is 1. The van der Waals surface area contributed by atoms with Crippen LogP contribution in [0, 0.1) is 0 Å². The summed E-state index contributed by atoms with van der Waals surface area (Å²) in [6.07, 6.45) is 0. The van der Waals surface area contributed by atoms with Gasteiger partial charge in [-0.2, -0.15) is 0 Å². The molecule has 0 aliphatic rings. The summed E-state index contributed by atoms with van der Waals surface area (Å²) in [6.45, 7) is 4.06. The zero-order chi connectivity index (χ0) is 15.9. The van der Waals surface area contributed by atoms with Gasteiger partial charge in [-0.05, 0) is 38.1 Å². The molecule has 0 bridgehead atoms. The highest BCUT2D eigenvalue weighted by Crippen LogP contribution is 2.14. The lowest BCUT2D eigenvalue weighted by atomic mass is 10.3. The molecule has 4 N–H and O–H groups in total. The summed E-state index contributed by atoms with van der Waals surface area (Å²) in [5.41, 5.74) is 5.74. The van der Waals surface area contributed by atoms with Crippen LogP contribution in [0.25, 0.3) is 0 Å². The molecule has 0 aliphatic heterocycles. The van der Waals surface area contributed by atoms with Crippen LogP contribution in [0.4, 0.5) is 5.69 Å². The minimum Gasteiger partial charge on any atom is -0.370 e. The van der Waals surface area contributed by atoms with Crippen molar-refractivity contribution in [3.05, 3.63) is 24.3 Å². The van der Waals surface area contributed by atoms with Crippen molar-refractivity contribution in [3.63, 3.8) is 0 Å². The maximum atomic E-state index is 11.9. The van der Waals surface area contributed by atoms with Crippen molar-refractivity contribution < 1.29 is 17.9 Å². The number of carbonyl (C=O) groups is 1. The van der Waals surface area contributed by atoms with Crippen molar-refractivity contribution >= 4 is 21.6 Å². The molecule has 8 heteroatoms. The third kappa shape index (κ3) is 6.21. The Kier molecular flexibility index (Phi) is 6.76. The van der Waals surface area contributed by atoms with Crippen LogP contribution in [-0.4, -0.2) is 40.1 Å². The van der Waals surface area contributed by atoms with E-state index >= 15 is 0 Å². The first-order valence-corrected chi connectivity index (χ1v) is 8.03. The van der Waals surface area contributed by atoms with Crippen LogP contribution in [-0.2, 0) is 19.6 Å². The molecule has 0 aliphatic carbocycles. The van der Waals surface area contributed by atoms with Gasteiger partial charge in [-0.3, -0.25) is 4.79 Å². The summed E-state index contributed by atoms with van der Waals surface area (Å²) in [5, 5.41) is 2.60. The van der Waals surface area contributed by atoms with Gasteiger partial charge in [0.15, 0.2) is 0 Å². The summed E-state index contributed by atoms with van der Waals surface area (Å²) in [5.74, 6) is -0.320. The Balaban J connectivity index is 2.64. The first kappa shape index (κ1) is 17.6. The van der Waals surface area contributed by atoms with Crippen LogP contribution in [0.3, 0.4) is 0 Å². The van der Waals surface area contributed by atoms with Crippen molar-refractivity contribution in [2.45, 2.75) is 24.8 Å². The maximum Gasteiger partial charge on any atom is 0.250 e. The lowest BCUT2D eigenvalue weighted by Crippen LogP contribution is -2.30. The third-order valence-electron chi connectivity index (χ3n) is 2.33. The number of nitrogens with two attached hydrogens (primary N) is 1. The molecule has 1 rings (SSSR count). The van der Waals surface area contributed by atoms with E-state index in [0.717, 1.165) is 0 Å². The van der Waals surface area contributed by atoms with Crippen molar-refractivity contribution in [2.24, 2.45) is 5.73 Å². The molecular weight excluding hydrogens is 294 g/mol. The van der Waals surface area contributed by atoms with Gasteiger partial charge in [-0.25, -0.2) is 13.1 Å².